The molecule has 0 aromatic heterocycles. The molecule has 4 aromatic rings. The van der Waals surface area contributed by atoms with Crippen molar-refractivity contribution in [1.29, 1.82) is 5.41 Å². The maximum Gasteiger partial charge on any atom is 0.327 e. The van der Waals surface area contributed by atoms with Gasteiger partial charge in [0.1, 0.15) is 11.9 Å². The number of benzene rings is 4. The number of carbonyl (C=O) groups is 2. The Morgan fingerprint density at radius 2 is 1.65 bits per heavy atom. The number of nitrogens with zero attached hydrogens (tertiary/aromatic N) is 1. The fourth-order valence-corrected chi connectivity index (χ4v) is 6.48. The molecule has 0 bridgehead atoms. The number of amides is 1. The summed E-state index contributed by atoms with van der Waals surface area (Å²) in [7, 11) is -4.40. The molecule has 0 heterocycles. The number of sulfonamides is 1. The molecule has 0 aliphatic heterocycles. The van der Waals surface area contributed by atoms with Crippen LogP contribution in [0.25, 0.3) is 10.8 Å². The monoisotopic (exact) mass is 598 g/mol. The number of hydrogen-bond acceptors (Lipinski definition) is 5. The van der Waals surface area contributed by atoms with Gasteiger partial charge in [-0.3, -0.25) is 14.5 Å². The quantitative estimate of drug-likeness (QED) is 0.156. The summed E-state index contributed by atoms with van der Waals surface area (Å²) < 4.78 is 28.1. The molecule has 40 heavy (non-hydrogen) atoms. The Bertz CT molecular complexity index is 1720. The smallest absolute Gasteiger partial charge is 0.327 e. The molecule has 0 fully saturated rings. The van der Waals surface area contributed by atoms with Crippen molar-refractivity contribution in [1.82, 2.24) is 5.32 Å². The minimum absolute atomic E-state index is 0.0498. The van der Waals surface area contributed by atoms with E-state index in [0.29, 0.717) is 21.9 Å². The zero-order chi connectivity index (χ0) is 29.2. The Hall–Kier alpha value is -4.12. The minimum Gasteiger partial charge on any atom is -0.480 e. The van der Waals surface area contributed by atoms with E-state index in [9.17, 15) is 23.1 Å². The summed E-state index contributed by atoms with van der Waals surface area (Å²) in [5.41, 5.74) is 7.30. The van der Waals surface area contributed by atoms with Crippen LogP contribution in [0.4, 0.5) is 5.69 Å². The van der Waals surface area contributed by atoms with E-state index < -0.39 is 22.0 Å². The average molecular weight is 599 g/mol. The second kappa shape index (κ2) is 11.5. The van der Waals surface area contributed by atoms with Crippen molar-refractivity contribution < 1.29 is 23.1 Å². The summed E-state index contributed by atoms with van der Waals surface area (Å²) >= 11 is 12.0. The molecule has 12 heteroatoms. The van der Waals surface area contributed by atoms with Crippen LogP contribution in [-0.4, -0.2) is 37.3 Å². The fourth-order valence-electron chi connectivity index (χ4n) is 4.15. The number of fused-ring (bicyclic) bond motifs is 1. The molecule has 9 nitrogen and oxygen atoms in total. The van der Waals surface area contributed by atoms with Crippen LogP contribution in [0.1, 0.15) is 28.4 Å². The van der Waals surface area contributed by atoms with Crippen molar-refractivity contribution in [2.75, 3.05) is 4.31 Å². The van der Waals surface area contributed by atoms with E-state index >= 15 is 0 Å². The lowest BCUT2D eigenvalue weighted by molar-refractivity contribution is -0.137. The van der Waals surface area contributed by atoms with Crippen LogP contribution in [-0.2, 0) is 21.4 Å². The molecule has 0 aliphatic carbocycles. The Morgan fingerprint density at radius 1 is 1.00 bits per heavy atom. The first kappa shape index (κ1) is 28.9. The molecule has 0 saturated carbocycles. The van der Waals surface area contributed by atoms with Crippen molar-refractivity contribution in [3.63, 3.8) is 0 Å². The highest BCUT2D eigenvalue weighted by Gasteiger charge is 2.34. The van der Waals surface area contributed by atoms with Gasteiger partial charge in [-0.1, -0.05) is 65.7 Å². The maximum absolute atomic E-state index is 13.6. The van der Waals surface area contributed by atoms with Crippen LogP contribution in [0.5, 0.6) is 0 Å². The number of carboxylic acid groups (broad SMARTS) is 1. The lowest BCUT2D eigenvalue weighted by Gasteiger charge is -2.28. The van der Waals surface area contributed by atoms with Gasteiger partial charge >= 0.3 is 5.97 Å². The Kier molecular flexibility index (Phi) is 8.34. The molecular formula is C28H24Cl2N4O5S. The van der Waals surface area contributed by atoms with Gasteiger partial charge in [-0.25, -0.2) is 13.2 Å². The molecule has 0 spiro atoms. The number of carboxylic acids is 1. The van der Waals surface area contributed by atoms with E-state index in [1.807, 2.05) is 0 Å². The summed E-state index contributed by atoms with van der Waals surface area (Å²) in [6.45, 7) is 1.49. The second-order valence-electron chi connectivity index (χ2n) is 8.92. The highest BCUT2D eigenvalue weighted by molar-refractivity contribution is 7.93. The number of aliphatic carboxylic acids is 1. The summed E-state index contributed by atoms with van der Waals surface area (Å²) in [6.07, 6.45) is 0. The Morgan fingerprint density at radius 3 is 2.25 bits per heavy atom. The normalized spacial score (nSPS) is 12.1. The van der Waals surface area contributed by atoms with Gasteiger partial charge in [0.25, 0.3) is 15.9 Å². The molecular weight excluding hydrogens is 575 g/mol. The lowest BCUT2D eigenvalue weighted by atomic mass is 10.0. The fraction of sp³-hybridized carbons (Fsp3) is 0.107. The molecule has 1 atom stereocenters. The van der Waals surface area contributed by atoms with Crippen molar-refractivity contribution >= 4 is 67.4 Å². The van der Waals surface area contributed by atoms with E-state index in [4.69, 9.17) is 34.3 Å². The minimum atomic E-state index is -4.40. The molecule has 4 rings (SSSR count). The SMILES string of the molecule is CC(C(=O)O)N(c1ccc2c(C(=O)NCc3ccc(C(=N)N)cc3)cccc2c1)S(=O)(=O)c1cc(Cl)cc(Cl)c1. The van der Waals surface area contributed by atoms with Gasteiger partial charge in [-0.15, -0.1) is 0 Å². The topological polar surface area (TPSA) is 154 Å². The molecule has 206 valence electrons. The molecule has 1 amide bonds. The molecule has 0 aliphatic rings. The average Bonchev–Trinajstić information content (AvgIpc) is 2.90. The first-order chi connectivity index (χ1) is 18.9. The Labute approximate surface area is 240 Å². The Balaban J connectivity index is 1.68. The zero-order valence-corrected chi connectivity index (χ0v) is 23.4. The number of rotatable bonds is 9. The number of nitrogens with two attached hydrogens (primary N) is 1. The highest BCUT2D eigenvalue weighted by Crippen LogP contribution is 2.32. The zero-order valence-electron chi connectivity index (χ0n) is 21.1. The van der Waals surface area contributed by atoms with Crippen LogP contribution in [0, 0.1) is 5.41 Å². The standard InChI is InChI=1S/C28H24Cl2N4O5S/c1-16(28(36)37)34(40(38,39)23-13-20(29)12-21(30)14-23)22-9-10-24-19(11-22)3-2-4-25(24)27(35)33-15-17-5-7-18(8-6-17)26(31)32/h2-14,16H,15H2,1H3,(H3,31,32)(H,33,35)(H,36,37). The van der Waals surface area contributed by atoms with E-state index in [1.54, 1.807) is 48.5 Å². The van der Waals surface area contributed by atoms with Gasteiger partial charge in [0.2, 0.25) is 0 Å². The van der Waals surface area contributed by atoms with Gasteiger partial charge in [0.15, 0.2) is 0 Å². The van der Waals surface area contributed by atoms with Crippen LogP contribution in [0.3, 0.4) is 0 Å². The highest BCUT2D eigenvalue weighted by atomic mass is 35.5. The van der Waals surface area contributed by atoms with E-state index in [0.717, 1.165) is 9.87 Å². The summed E-state index contributed by atoms with van der Waals surface area (Å²) in [6, 6.07) is 18.7. The molecule has 5 N–H and O–H groups in total. The number of anilines is 1. The van der Waals surface area contributed by atoms with E-state index in [2.05, 4.69) is 5.32 Å². The third-order valence-corrected chi connectivity index (χ3v) is 8.50. The number of amidine groups is 1. The van der Waals surface area contributed by atoms with Crippen molar-refractivity contribution in [3.8, 4) is 0 Å². The summed E-state index contributed by atoms with van der Waals surface area (Å²) in [4.78, 5) is 24.7. The van der Waals surface area contributed by atoms with Crippen LogP contribution in [0.15, 0.2) is 83.8 Å². The summed E-state index contributed by atoms with van der Waals surface area (Å²) in [5.74, 6) is -1.77. The van der Waals surface area contributed by atoms with Crippen LogP contribution in [0.2, 0.25) is 10.0 Å². The van der Waals surface area contributed by atoms with Crippen LogP contribution < -0.4 is 15.4 Å². The molecule has 1 unspecified atom stereocenters. The van der Waals surface area contributed by atoms with Gasteiger partial charge in [0.05, 0.1) is 10.6 Å². The number of nitrogens with one attached hydrogen (secondary N) is 2. The largest absolute Gasteiger partial charge is 0.480 e. The molecule has 0 saturated heterocycles. The maximum atomic E-state index is 13.6. The van der Waals surface area contributed by atoms with Crippen molar-refractivity contribution in [2.24, 2.45) is 5.73 Å². The van der Waals surface area contributed by atoms with Gasteiger partial charge in [-0.05, 0) is 59.7 Å². The van der Waals surface area contributed by atoms with Crippen LogP contribution >= 0.6 is 23.2 Å². The third-order valence-electron chi connectivity index (χ3n) is 6.18. The first-order valence-electron chi connectivity index (χ1n) is 11.9. The number of nitrogen functional groups attached to an aromatic ring is 1. The van der Waals surface area contributed by atoms with Crippen molar-refractivity contribution in [2.45, 2.75) is 24.4 Å². The second-order valence-corrected chi connectivity index (χ2v) is 11.6. The first-order valence-corrected chi connectivity index (χ1v) is 14.1. The van der Waals surface area contributed by atoms with Gasteiger partial charge in [-0.2, -0.15) is 0 Å². The number of hydrogen-bond donors (Lipinski definition) is 4. The van der Waals surface area contributed by atoms with E-state index in [-0.39, 0.29) is 38.9 Å². The predicted octanol–water partition coefficient (Wildman–Crippen LogP) is 5.03. The molecule has 4 aromatic carbocycles. The number of carbonyl (C=O) groups excluding carboxylic acids is 1. The van der Waals surface area contributed by atoms with E-state index in [1.165, 1.54) is 37.3 Å². The summed E-state index contributed by atoms with van der Waals surface area (Å²) in [5, 5.41) is 21.3. The predicted molar refractivity (Wildman–Crippen MR) is 156 cm³/mol. The van der Waals surface area contributed by atoms with Crippen molar-refractivity contribution in [3.05, 3.63) is 106 Å². The lowest BCUT2D eigenvalue weighted by Crippen LogP contribution is -2.43. The molecule has 0 radical (unpaired) electrons. The van der Waals surface area contributed by atoms with Gasteiger partial charge < -0.3 is 16.2 Å². The third kappa shape index (κ3) is 6.04. The van der Waals surface area contributed by atoms with Gasteiger partial charge in [0, 0.05) is 27.7 Å². The number of halogens is 2.